The predicted molar refractivity (Wildman–Crippen MR) is 87.4 cm³/mol. The molecule has 2 aromatic carbocycles. The van der Waals surface area contributed by atoms with E-state index in [1.165, 1.54) is 6.33 Å². The molecule has 0 radical (unpaired) electrons. The second-order valence-corrected chi connectivity index (χ2v) is 4.77. The number of aromatic amines is 1. The van der Waals surface area contributed by atoms with E-state index in [0.717, 1.165) is 0 Å². The first-order chi connectivity index (χ1) is 11.2. The monoisotopic (exact) mass is 306 g/mol. The standard InChI is InChI=1S/C17H14N4O2/c22-16(20-12-7-3-1-4-8-12)14-15(19-11-18-14)17(23)21-13-9-5-2-6-10-13/h1-11H,(H,18,19)(H,20,22)(H,21,23). The van der Waals surface area contributed by atoms with Crippen molar-refractivity contribution in [1.29, 1.82) is 0 Å². The first-order valence-corrected chi connectivity index (χ1v) is 7.00. The van der Waals surface area contributed by atoms with Gasteiger partial charge in [0.1, 0.15) is 5.69 Å². The Labute approximate surface area is 132 Å². The van der Waals surface area contributed by atoms with Crippen LogP contribution < -0.4 is 10.6 Å². The Kier molecular flexibility index (Phi) is 4.15. The summed E-state index contributed by atoms with van der Waals surface area (Å²) in [5.74, 6) is -0.873. The number of H-pyrrole nitrogens is 1. The van der Waals surface area contributed by atoms with Crippen LogP contribution in [0, 0.1) is 0 Å². The largest absolute Gasteiger partial charge is 0.340 e. The van der Waals surface area contributed by atoms with Gasteiger partial charge in [-0.25, -0.2) is 4.98 Å². The molecule has 3 N–H and O–H groups in total. The minimum Gasteiger partial charge on any atom is -0.340 e. The van der Waals surface area contributed by atoms with Crippen LogP contribution in [0.15, 0.2) is 67.0 Å². The van der Waals surface area contributed by atoms with E-state index in [4.69, 9.17) is 0 Å². The Hall–Kier alpha value is -3.41. The van der Waals surface area contributed by atoms with E-state index in [2.05, 4.69) is 20.6 Å². The van der Waals surface area contributed by atoms with Crippen molar-refractivity contribution < 1.29 is 9.59 Å². The summed E-state index contributed by atoms with van der Waals surface area (Å²) in [7, 11) is 0. The van der Waals surface area contributed by atoms with Crippen molar-refractivity contribution in [2.75, 3.05) is 10.6 Å². The van der Waals surface area contributed by atoms with E-state index < -0.39 is 11.8 Å². The fourth-order valence-corrected chi connectivity index (χ4v) is 2.07. The molecular formula is C17H14N4O2. The number of nitrogens with one attached hydrogen (secondary N) is 3. The van der Waals surface area contributed by atoms with Crippen LogP contribution in [-0.4, -0.2) is 21.8 Å². The zero-order valence-electron chi connectivity index (χ0n) is 12.1. The van der Waals surface area contributed by atoms with E-state index in [0.29, 0.717) is 11.4 Å². The van der Waals surface area contributed by atoms with Crippen LogP contribution in [0.1, 0.15) is 21.0 Å². The molecule has 0 atom stereocenters. The second-order valence-electron chi connectivity index (χ2n) is 4.77. The second kappa shape index (κ2) is 6.57. The van der Waals surface area contributed by atoms with Crippen LogP contribution in [0.4, 0.5) is 11.4 Å². The minimum atomic E-state index is -0.448. The Morgan fingerprint density at radius 2 is 1.30 bits per heavy atom. The van der Waals surface area contributed by atoms with E-state index in [-0.39, 0.29) is 11.4 Å². The van der Waals surface area contributed by atoms with Crippen LogP contribution in [0.3, 0.4) is 0 Å². The smallest absolute Gasteiger partial charge is 0.276 e. The van der Waals surface area contributed by atoms with Crippen LogP contribution in [-0.2, 0) is 0 Å². The van der Waals surface area contributed by atoms with Crippen molar-refractivity contribution in [3.8, 4) is 0 Å². The topological polar surface area (TPSA) is 86.9 Å². The highest BCUT2D eigenvalue weighted by molar-refractivity contribution is 6.13. The number of carbonyl (C=O) groups is 2. The summed E-state index contributed by atoms with van der Waals surface area (Å²) in [6.45, 7) is 0. The summed E-state index contributed by atoms with van der Waals surface area (Å²) in [5, 5.41) is 5.42. The third-order valence-corrected chi connectivity index (χ3v) is 3.14. The van der Waals surface area contributed by atoms with Gasteiger partial charge in [-0.3, -0.25) is 9.59 Å². The minimum absolute atomic E-state index is 0.0438. The molecule has 0 aliphatic heterocycles. The maximum Gasteiger partial charge on any atom is 0.276 e. The number of hydrogen-bond acceptors (Lipinski definition) is 3. The molecule has 3 aromatic rings. The third-order valence-electron chi connectivity index (χ3n) is 3.14. The first-order valence-electron chi connectivity index (χ1n) is 7.00. The lowest BCUT2D eigenvalue weighted by Crippen LogP contribution is -2.20. The van der Waals surface area contributed by atoms with Gasteiger partial charge >= 0.3 is 0 Å². The fraction of sp³-hybridized carbons (Fsp3) is 0. The molecule has 1 heterocycles. The van der Waals surface area contributed by atoms with Gasteiger partial charge < -0.3 is 15.6 Å². The van der Waals surface area contributed by atoms with Gasteiger partial charge in [-0.2, -0.15) is 0 Å². The first kappa shape index (κ1) is 14.5. The molecule has 1 aromatic heterocycles. The van der Waals surface area contributed by atoms with Crippen molar-refractivity contribution in [3.63, 3.8) is 0 Å². The summed E-state index contributed by atoms with van der Waals surface area (Å²) >= 11 is 0. The van der Waals surface area contributed by atoms with Crippen molar-refractivity contribution in [1.82, 2.24) is 9.97 Å². The highest BCUT2D eigenvalue weighted by atomic mass is 16.2. The molecule has 23 heavy (non-hydrogen) atoms. The molecule has 0 fully saturated rings. The van der Waals surface area contributed by atoms with Crippen LogP contribution in [0.2, 0.25) is 0 Å². The Balaban J connectivity index is 1.76. The zero-order valence-corrected chi connectivity index (χ0v) is 12.1. The summed E-state index contributed by atoms with van der Waals surface area (Å²) in [4.78, 5) is 31.2. The number of anilines is 2. The molecule has 0 bridgehead atoms. The molecule has 2 amide bonds. The molecule has 0 unspecified atom stereocenters. The van der Waals surface area contributed by atoms with Gasteiger partial charge in [0.05, 0.1) is 6.33 Å². The lowest BCUT2D eigenvalue weighted by atomic mass is 10.2. The Morgan fingerprint density at radius 3 is 1.87 bits per heavy atom. The molecule has 0 saturated heterocycles. The van der Waals surface area contributed by atoms with Crippen molar-refractivity contribution >= 4 is 23.2 Å². The molecule has 114 valence electrons. The molecule has 0 aliphatic carbocycles. The van der Waals surface area contributed by atoms with Gasteiger partial charge in [-0.1, -0.05) is 36.4 Å². The molecule has 0 aliphatic rings. The number of amides is 2. The summed E-state index contributed by atoms with van der Waals surface area (Å²) < 4.78 is 0. The number of benzene rings is 2. The summed E-state index contributed by atoms with van der Waals surface area (Å²) in [6.07, 6.45) is 1.32. The number of para-hydroxylation sites is 2. The quantitative estimate of drug-likeness (QED) is 0.692. The van der Waals surface area contributed by atoms with E-state index in [1.54, 1.807) is 24.3 Å². The summed E-state index contributed by atoms with van der Waals surface area (Å²) in [5.41, 5.74) is 1.43. The normalized spacial score (nSPS) is 10.1. The summed E-state index contributed by atoms with van der Waals surface area (Å²) in [6, 6.07) is 18.0. The SMILES string of the molecule is O=C(Nc1ccccc1)c1nc[nH]c1C(=O)Nc1ccccc1. The van der Waals surface area contributed by atoms with E-state index >= 15 is 0 Å². The van der Waals surface area contributed by atoms with Crippen LogP contribution in [0.25, 0.3) is 0 Å². The average Bonchev–Trinajstić information content (AvgIpc) is 3.06. The molecule has 3 rings (SSSR count). The van der Waals surface area contributed by atoms with Gasteiger partial charge in [-0.05, 0) is 24.3 Å². The number of carbonyl (C=O) groups excluding carboxylic acids is 2. The number of imidazole rings is 1. The number of rotatable bonds is 4. The van der Waals surface area contributed by atoms with Gasteiger partial charge in [0.2, 0.25) is 0 Å². The molecule has 0 saturated carbocycles. The fourth-order valence-electron chi connectivity index (χ4n) is 2.07. The molecule has 0 spiro atoms. The van der Waals surface area contributed by atoms with Gasteiger partial charge in [0.15, 0.2) is 5.69 Å². The van der Waals surface area contributed by atoms with Crippen LogP contribution in [0.5, 0.6) is 0 Å². The van der Waals surface area contributed by atoms with E-state index in [9.17, 15) is 9.59 Å². The van der Waals surface area contributed by atoms with Crippen molar-refractivity contribution in [2.45, 2.75) is 0 Å². The number of aromatic nitrogens is 2. The molecule has 6 heteroatoms. The van der Waals surface area contributed by atoms with Gasteiger partial charge in [-0.15, -0.1) is 0 Å². The highest BCUT2D eigenvalue weighted by Crippen LogP contribution is 2.12. The van der Waals surface area contributed by atoms with Crippen molar-refractivity contribution in [2.24, 2.45) is 0 Å². The number of hydrogen-bond donors (Lipinski definition) is 3. The zero-order chi connectivity index (χ0) is 16.1. The molecular weight excluding hydrogens is 292 g/mol. The highest BCUT2D eigenvalue weighted by Gasteiger charge is 2.20. The Morgan fingerprint density at radius 1 is 0.783 bits per heavy atom. The maximum absolute atomic E-state index is 12.3. The number of nitrogens with zero attached hydrogens (tertiary/aromatic N) is 1. The predicted octanol–water partition coefficient (Wildman–Crippen LogP) is 2.91. The van der Waals surface area contributed by atoms with E-state index in [1.807, 2.05) is 36.4 Å². The lowest BCUT2D eigenvalue weighted by molar-refractivity contribution is 0.0985. The van der Waals surface area contributed by atoms with Gasteiger partial charge in [0.25, 0.3) is 11.8 Å². The van der Waals surface area contributed by atoms with Gasteiger partial charge in [0, 0.05) is 11.4 Å². The Bertz CT molecular complexity index is 745. The average molecular weight is 306 g/mol. The maximum atomic E-state index is 12.3. The van der Waals surface area contributed by atoms with Crippen LogP contribution >= 0.6 is 0 Å². The molecule has 6 nitrogen and oxygen atoms in total. The lowest BCUT2D eigenvalue weighted by Gasteiger charge is -2.06. The third kappa shape index (κ3) is 3.44. The van der Waals surface area contributed by atoms with Crippen molar-refractivity contribution in [3.05, 3.63) is 78.4 Å².